The summed E-state index contributed by atoms with van der Waals surface area (Å²) in [6.45, 7) is 2.10. The number of rotatable bonds is 4. The Morgan fingerprint density at radius 2 is 2.08 bits per heavy atom. The lowest BCUT2D eigenvalue weighted by atomic mass is 10.2. The van der Waals surface area contributed by atoms with Gasteiger partial charge in [-0.25, -0.2) is 22.3 Å². The van der Waals surface area contributed by atoms with Crippen molar-refractivity contribution in [1.29, 1.82) is 0 Å². The summed E-state index contributed by atoms with van der Waals surface area (Å²) < 4.78 is 35.3. The molecule has 0 aliphatic carbocycles. The van der Waals surface area contributed by atoms with Crippen LogP contribution in [0.3, 0.4) is 0 Å². The van der Waals surface area contributed by atoms with E-state index in [0.29, 0.717) is 31.9 Å². The molecule has 0 unspecified atom stereocenters. The Hall–Kier alpha value is -1.36. The van der Waals surface area contributed by atoms with Crippen molar-refractivity contribution in [2.75, 3.05) is 31.2 Å². The highest BCUT2D eigenvalue weighted by atomic mass is 32.2. The Morgan fingerprint density at radius 3 is 2.80 bits per heavy atom. The zero-order chi connectivity index (χ0) is 17.4. The molecule has 0 N–H and O–H groups in total. The van der Waals surface area contributed by atoms with Crippen LogP contribution in [0.5, 0.6) is 0 Å². The summed E-state index contributed by atoms with van der Waals surface area (Å²) in [4.78, 5) is 12.7. The minimum Gasteiger partial charge on any atom is -0.376 e. The summed E-state index contributed by atoms with van der Waals surface area (Å²) in [6, 6.07) is 3.11. The van der Waals surface area contributed by atoms with Gasteiger partial charge in [-0.05, 0) is 25.0 Å². The lowest BCUT2D eigenvalue weighted by Gasteiger charge is -2.25. The number of fused-ring (bicyclic) bond motifs is 1. The van der Waals surface area contributed by atoms with E-state index >= 15 is 0 Å². The zero-order valence-electron chi connectivity index (χ0n) is 13.7. The van der Waals surface area contributed by atoms with Crippen LogP contribution >= 0.6 is 11.8 Å². The molecule has 1 atom stereocenters. The van der Waals surface area contributed by atoms with E-state index in [2.05, 4.69) is 5.10 Å². The van der Waals surface area contributed by atoms with Gasteiger partial charge in [0.2, 0.25) is 10.0 Å². The molecule has 8 nitrogen and oxygen atoms in total. The molecule has 10 heteroatoms. The first-order valence-corrected chi connectivity index (χ1v) is 10.9. The third kappa shape index (κ3) is 3.23. The van der Waals surface area contributed by atoms with Crippen molar-refractivity contribution < 1.29 is 13.2 Å². The first-order valence-electron chi connectivity index (χ1n) is 8.34. The van der Waals surface area contributed by atoms with Gasteiger partial charge >= 0.3 is 5.69 Å². The minimum atomic E-state index is -3.58. The normalized spacial score (nSPS) is 22.6. The lowest BCUT2D eigenvalue weighted by Crippen LogP contribution is -2.38. The summed E-state index contributed by atoms with van der Waals surface area (Å²) in [6.07, 6.45) is 3.28. The molecule has 0 spiro atoms. The second-order valence-electron chi connectivity index (χ2n) is 6.21. The predicted octanol–water partition coefficient (Wildman–Crippen LogP) is 0.413. The Morgan fingerprint density at radius 1 is 1.28 bits per heavy atom. The van der Waals surface area contributed by atoms with E-state index < -0.39 is 10.0 Å². The number of pyridine rings is 1. The molecule has 2 aromatic heterocycles. The monoisotopic (exact) mass is 384 g/mol. The van der Waals surface area contributed by atoms with Crippen LogP contribution in [0.2, 0.25) is 0 Å². The smallest absolute Gasteiger partial charge is 0.350 e. The van der Waals surface area contributed by atoms with Gasteiger partial charge in [0.25, 0.3) is 0 Å². The fourth-order valence-electron chi connectivity index (χ4n) is 3.19. The molecule has 4 rings (SSSR count). The van der Waals surface area contributed by atoms with Crippen molar-refractivity contribution in [2.24, 2.45) is 0 Å². The number of ether oxygens (including phenoxy) is 1. The number of nitrogens with zero attached hydrogens (tertiary/aromatic N) is 4. The van der Waals surface area contributed by atoms with Crippen LogP contribution in [-0.4, -0.2) is 64.2 Å². The van der Waals surface area contributed by atoms with Crippen LogP contribution in [0.4, 0.5) is 0 Å². The summed E-state index contributed by atoms with van der Waals surface area (Å²) in [7, 11) is -3.58. The maximum atomic E-state index is 12.8. The minimum absolute atomic E-state index is 0.00309. The Kier molecular flexibility index (Phi) is 4.61. The summed E-state index contributed by atoms with van der Waals surface area (Å²) in [5.74, 6) is 1.58. The zero-order valence-corrected chi connectivity index (χ0v) is 15.3. The van der Waals surface area contributed by atoms with E-state index in [4.69, 9.17) is 4.74 Å². The van der Waals surface area contributed by atoms with Gasteiger partial charge in [-0.15, -0.1) is 5.10 Å². The van der Waals surface area contributed by atoms with Crippen molar-refractivity contribution in [2.45, 2.75) is 30.4 Å². The van der Waals surface area contributed by atoms with Gasteiger partial charge in [0.1, 0.15) is 0 Å². The number of hydrogen-bond acceptors (Lipinski definition) is 6. The van der Waals surface area contributed by atoms with E-state index in [-0.39, 0.29) is 16.7 Å². The molecule has 2 aromatic rings. The van der Waals surface area contributed by atoms with Crippen LogP contribution in [0.25, 0.3) is 5.65 Å². The van der Waals surface area contributed by atoms with Gasteiger partial charge in [-0.3, -0.25) is 0 Å². The third-order valence-electron chi connectivity index (χ3n) is 4.56. The number of aromatic nitrogens is 3. The average molecular weight is 384 g/mol. The van der Waals surface area contributed by atoms with Gasteiger partial charge in [0.05, 0.1) is 17.5 Å². The van der Waals surface area contributed by atoms with Gasteiger partial charge < -0.3 is 4.74 Å². The topological polar surface area (TPSA) is 85.9 Å². The van der Waals surface area contributed by atoms with Crippen molar-refractivity contribution in [1.82, 2.24) is 18.5 Å². The molecule has 136 valence electrons. The second kappa shape index (κ2) is 6.75. The molecule has 4 heterocycles. The molecule has 2 aliphatic heterocycles. The SMILES string of the molecule is O=c1n(C[C@H]2CCCO2)nc2ccc(S(=O)(=O)N3CCSCC3)cn12. The van der Waals surface area contributed by atoms with Crippen LogP contribution in [-0.2, 0) is 21.3 Å². The summed E-state index contributed by atoms with van der Waals surface area (Å²) in [5.41, 5.74) is 0.105. The fraction of sp³-hybridized carbons (Fsp3) is 0.600. The van der Waals surface area contributed by atoms with E-state index in [1.54, 1.807) is 17.8 Å². The van der Waals surface area contributed by atoms with E-state index in [1.807, 2.05) is 0 Å². The van der Waals surface area contributed by atoms with Gasteiger partial charge in [0.15, 0.2) is 5.65 Å². The highest BCUT2D eigenvalue weighted by Crippen LogP contribution is 2.20. The molecule has 2 saturated heterocycles. The third-order valence-corrected chi connectivity index (χ3v) is 7.38. The molecule has 2 fully saturated rings. The molecule has 0 radical (unpaired) electrons. The number of thioether (sulfide) groups is 1. The molecule has 0 aromatic carbocycles. The quantitative estimate of drug-likeness (QED) is 0.759. The van der Waals surface area contributed by atoms with Gasteiger partial charge in [-0.2, -0.15) is 16.1 Å². The molecular formula is C15H20N4O4S2. The standard InChI is InChI=1S/C15H20N4O4S2/c20-15-18-11-13(25(21,22)17-5-8-24-9-6-17)3-4-14(18)16-19(15)10-12-2-1-7-23-12/h3-4,11-12H,1-2,5-10H2/t12-/m1/s1. The number of hydrogen-bond donors (Lipinski definition) is 0. The predicted molar refractivity (Wildman–Crippen MR) is 94.5 cm³/mol. The van der Waals surface area contributed by atoms with Crippen molar-refractivity contribution in [3.8, 4) is 0 Å². The van der Waals surface area contributed by atoms with Crippen LogP contribution in [0.1, 0.15) is 12.8 Å². The van der Waals surface area contributed by atoms with Gasteiger partial charge in [-0.1, -0.05) is 0 Å². The summed E-state index contributed by atoms with van der Waals surface area (Å²) >= 11 is 1.75. The van der Waals surface area contributed by atoms with Crippen molar-refractivity contribution in [3.05, 3.63) is 28.8 Å². The molecule has 0 saturated carbocycles. The van der Waals surface area contributed by atoms with E-state index in [9.17, 15) is 13.2 Å². The Balaban J connectivity index is 1.67. The summed E-state index contributed by atoms with van der Waals surface area (Å²) in [5, 5.41) is 4.29. The van der Waals surface area contributed by atoms with Crippen molar-refractivity contribution >= 4 is 27.4 Å². The first-order chi connectivity index (χ1) is 12.1. The maximum absolute atomic E-state index is 12.8. The molecule has 0 amide bonds. The first kappa shape index (κ1) is 17.1. The lowest BCUT2D eigenvalue weighted by molar-refractivity contribution is 0.0931. The maximum Gasteiger partial charge on any atom is 0.350 e. The van der Waals surface area contributed by atoms with E-state index in [0.717, 1.165) is 24.3 Å². The Bertz CT molecular complexity index is 925. The van der Waals surface area contributed by atoms with E-state index in [1.165, 1.54) is 25.7 Å². The number of sulfonamides is 1. The molecular weight excluding hydrogens is 364 g/mol. The highest BCUT2D eigenvalue weighted by Gasteiger charge is 2.27. The van der Waals surface area contributed by atoms with Crippen LogP contribution in [0.15, 0.2) is 28.0 Å². The molecule has 2 aliphatic rings. The van der Waals surface area contributed by atoms with Crippen LogP contribution in [0, 0.1) is 0 Å². The largest absolute Gasteiger partial charge is 0.376 e. The van der Waals surface area contributed by atoms with Crippen LogP contribution < -0.4 is 5.69 Å². The van der Waals surface area contributed by atoms with Gasteiger partial charge in [0, 0.05) is 37.4 Å². The second-order valence-corrected chi connectivity index (χ2v) is 9.37. The highest BCUT2D eigenvalue weighted by molar-refractivity contribution is 7.99. The van der Waals surface area contributed by atoms with Crippen molar-refractivity contribution in [3.63, 3.8) is 0 Å². The Labute approximate surface area is 149 Å². The average Bonchev–Trinajstić information content (AvgIpc) is 3.24. The molecule has 25 heavy (non-hydrogen) atoms. The fourth-order valence-corrected chi connectivity index (χ4v) is 5.76. The molecule has 0 bridgehead atoms.